The average molecular weight is 582 g/mol. The minimum atomic E-state index is -0.437. The normalized spacial score (nSPS) is 12.2. The molecule has 41 heavy (non-hydrogen) atoms. The lowest BCUT2D eigenvalue weighted by atomic mass is 9.97. The summed E-state index contributed by atoms with van der Waals surface area (Å²) in [5.74, 6) is 0.747. The predicted molar refractivity (Wildman–Crippen MR) is 161 cm³/mol. The number of thiazole rings is 1. The van der Waals surface area contributed by atoms with E-state index in [9.17, 15) is 10.1 Å². The predicted octanol–water partition coefficient (Wildman–Crippen LogP) is 6.34. The van der Waals surface area contributed by atoms with Crippen molar-refractivity contribution in [2.45, 2.75) is 32.9 Å². The van der Waals surface area contributed by atoms with Gasteiger partial charge >= 0.3 is 0 Å². The lowest BCUT2D eigenvalue weighted by Gasteiger charge is -2.18. The van der Waals surface area contributed by atoms with Crippen LogP contribution in [0.15, 0.2) is 71.1 Å². The molecule has 0 spiro atoms. The maximum Gasteiger partial charge on any atom is 0.265 e. The summed E-state index contributed by atoms with van der Waals surface area (Å²) in [5, 5.41) is 17.4. The van der Waals surface area contributed by atoms with Gasteiger partial charge in [-0.2, -0.15) is 10.4 Å². The van der Waals surface area contributed by atoms with Gasteiger partial charge < -0.3 is 10.5 Å². The van der Waals surface area contributed by atoms with Crippen LogP contribution in [0.4, 0.5) is 5.82 Å². The standard InChI is InChI=1S/C30H24ClN7O2S/c1-16(2)40-22-10-9-19(11-20(22)13-32)27-26-28(33)34-15-35-29(26)38(36-27)17(3)21-12-24-37(23(31)14-41-24)30(39)25(21)18-7-5-4-6-8-18/h4-12,14-17H,1-3H3,(H2,33,34,35)/t17-/m0/s1. The third-order valence-electron chi connectivity index (χ3n) is 6.83. The summed E-state index contributed by atoms with van der Waals surface area (Å²) < 4.78 is 9.07. The Hall–Kier alpha value is -4.72. The number of anilines is 1. The molecule has 11 heteroatoms. The third kappa shape index (κ3) is 4.49. The molecule has 0 radical (unpaired) electrons. The lowest BCUT2D eigenvalue weighted by Crippen LogP contribution is -2.20. The Morgan fingerprint density at radius 3 is 2.59 bits per heavy atom. The second kappa shape index (κ2) is 10.4. The van der Waals surface area contributed by atoms with Crippen LogP contribution in [0.2, 0.25) is 5.15 Å². The molecule has 0 aliphatic carbocycles. The van der Waals surface area contributed by atoms with Gasteiger partial charge in [-0.05, 0) is 56.2 Å². The van der Waals surface area contributed by atoms with E-state index < -0.39 is 6.04 Å². The summed E-state index contributed by atoms with van der Waals surface area (Å²) in [4.78, 5) is 23.3. The zero-order chi connectivity index (χ0) is 28.8. The van der Waals surface area contributed by atoms with Gasteiger partial charge in [-0.3, -0.25) is 9.20 Å². The molecule has 1 atom stereocenters. The number of nitrogens with two attached hydrogens (primary N) is 1. The van der Waals surface area contributed by atoms with Crippen molar-refractivity contribution < 1.29 is 4.74 Å². The molecule has 2 aromatic carbocycles. The highest BCUT2D eigenvalue weighted by molar-refractivity contribution is 7.16. The Balaban J connectivity index is 1.59. The number of nitrogens with zero attached hydrogens (tertiary/aromatic N) is 6. The Labute approximate surface area is 244 Å². The van der Waals surface area contributed by atoms with Gasteiger partial charge in [0.25, 0.3) is 5.56 Å². The minimum absolute atomic E-state index is 0.0867. The molecule has 0 saturated carbocycles. The zero-order valence-electron chi connectivity index (χ0n) is 22.4. The molecular weight excluding hydrogens is 558 g/mol. The zero-order valence-corrected chi connectivity index (χ0v) is 23.9. The first-order valence-corrected chi connectivity index (χ1v) is 14.1. The molecule has 9 nitrogen and oxygen atoms in total. The number of benzene rings is 2. The summed E-state index contributed by atoms with van der Waals surface area (Å²) in [6.07, 6.45) is 1.30. The Kier molecular flexibility index (Phi) is 6.69. The molecule has 4 heterocycles. The second-order valence-electron chi connectivity index (χ2n) is 9.79. The van der Waals surface area contributed by atoms with Gasteiger partial charge in [0, 0.05) is 10.9 Å². The number of rotatable bonds is 6. The van der Waals surface area contributed by atoms with Crippen LogP contribution in [0, 0.1) is 11.3 Å². The topological polar surface area (TPSA) is 124 Å². The van der Waals surface area contributed by atoms with Gasteiger partial charge in [0.1, 0.15) is 39.6 Å². The fourth-order valence-corrected chi connectivity index (χ4v) is 6.16. The maximum absolute atomic E-state index is 13.9. The van der Waals surface area contributed by atoms with E-state index in [1.54, 1.807) is 22.2 Å². The number of nitriles is 1. The third-order valence-corrected chi connectivity index (χ3v) is 8.12. The van der Waals surface area contributed by atoms with E-state index >= 15 is 0 Å². The van der Waals surface area contributed by atoms with Gasteiger partial charge in [0.05, 0.1) is 28.7 Å². The fraction of sp³-hybridized carbons (Fsp3) is 0.167. The molecule has 6 aromatic rings. The van der Waals surface area contributed by atoms with Crippen LogP contribution in [-0.4, -0.2) is 30.3 Å². The summed E-state index contributed by atoms with van der Waals surface area (Å²) in [5.41, 5.74) is 10.3. The maximum atomic E-state index is 13.9. The first-order valence-electron chi connectivity index (χ1n) is 12.9. The number of aromatic nitrogens is 5. The van der Waals surface area contributed by atoms with Crippen LogP contribution < -0.4 is 16.0 Å². The monoisotopic (exact) mass is 581 g/mol. The number of fused-ring (bicyclic) bond motifs is 2. The van der Waals surface area contributed by atoms with Crippen molar-refractivity contribution in [3.05, 3.63) is 92.9 Å². The number of halogens is 1. The average Bonchev–Trinajstić information content (AvgIpc) is 3.54. The quantitative estimate of drug-likeness (QED) is 0.243. The smallest absolute Gasteiger partial charge is 0.265 e. The molecule has 0 fully saturated rings. The fourth-order valence-electron chi connectivity index (χ4n) is 5.00. The molecule has 2 N–H and O–H groups in total. The molecule has 0 aliphatic heterocycles. The van der Waals surface area contributed by atoms with Crippen molar-refractivity contribution in [2.24, 2.45) is 0 Å². The van der Waals surface area contributed by atoms with Crippen LogP contribution in [0.3, 0.4) is 0 Å². The lowest BCUT2D eigenvalue weighted by molar-refractivity contribution is 0.242. The first-order chi connectivity index (χ1) is 19.8. The van der Waals surface area contributed by atoms with Crippen molar-refractivity contribution >= 4 is 44.6 Å². The number of pyridine rings is 1. The van der Waals surface area contributed by atoms with Gasteiger partial charge in [0.15, 0.2) is 5.65 Å². The van der Waals surface area contributed by atoms with E-state index in [0.29, 0.717) is 49.2 Å². The Morgan fingerprint density at radius 2 is 1.85 bits per heavy atom. The molecule has 0 aliphatic rings. The number of nitrogen functional groups attached to an aromatic ring is 1. The minimum Gasteiger partial charge on any atom is -0.490 e. The molecular formula is C30H24ClN7O2S. The molecule has 0 unspecified atom stereocenters. The molecule has 6 rings (SSSR count). The van der Waals surface area contributed by atoms with Crippen LogP contribution >= 0.6 is 22.9 Å². The SMILES string of the molecule is CC(C)Oc1ccc(-c2nn([C@@H](C)c3cc4scc(Cl)n4c(=O)c3-c3ccccc3)c3ncnc(N)c23)cc1C#N. The van der Waals surface area contributed by atoms with E-state index in [1.165, 1.54) is 22.1 Å². The molecule has 0 saturated heterocycles. The Morgan fingerprint density at radius 1 is 1.07 bits per heavy atom. The van der Waals surface area contributed by atoms with Crippen molar-refractivity contribution in [1.82, 2.24) is 24.1 Å². The van der Waals surface area contributed by atoms with Crippen molar-refractivity contribution in [2.75, 3.05) is 5.73 Å². The Bertz CT molecular complexity index is 2040. The van der Waals surface area contributed by atoms with E-state index in [4.69, 9.17) is 27.2 Å². The number of hydrogen-bond donors (Lipinski definition) is 1. The number of hydrogen-bond acceptors (Lipinski definition) is 8. The van der Waals surface area contributed by atoms with Crippen molar-refractivity contribution in [1.29, 1.82) is 5.26 Å². The van der Waals surface area contributed by atoms with Gasteiger partial charge in [-0.1, -0.05) is 41.9 Å². The summed E-state index contributed by atoms with van der Waals surface area (Å²) in [6.45, 7) is 5.77. The summed E-state index contributed by atoms with van der Waals surface area (Å²) in [6, 6.07) is 18.5. The van der Waals surface area contributed by atoms with Crippen LogP contribution in [-0.2, 0) is 0 Å². The highest BCUT2D eigenvalue weighted by Gasteiger charge is 2.26. The molecule has 204 valence electrons. The van der Waals surface area contributed by atoms with E-state index in [-0.39, 0.29) is 17.5 Å². The van der Waals surface area contributed by atoms with Gasteiger partial charge in [0.2, 0.25) is 0 Å². The van der Waals surface area contributed by atoms with Gasteiger partial charge in [-0.25, -0.2) is 14.6 Å². The van der Waals surface area contributed by atoms with Crippen molar-refractivity contribution in [3.63, 3.8) is 0 Å². The van der Waals surface area contributed by atoms with E-state index in [0.717, 1.165) is 11.1 Å². The molecule has 0 amide bonds. The molecule has 4 aromatic heterocycles. The number of ether oxygens (including phenoxy) is 1. The summed E-state index contributed by atoms with van der Waals surface area (Å²) in [7, 11) is 0. The van der Waals surface area contributed by atoms with Crippen LogP contribution in [0.25, 0.3) is 38.2 Å². The van der Waals surface area contributed by atoms with E-state index in [2.05, 4.69) is 16.0 Å². The highest BCUT2D eigenvalue weighted by atomic mass is 35.5. The second-order valence-corrected chi connectivity index (χ2v) is 11.1. The molecule has 0 bridgehead atoms. The van der Waals surface area contributed by atoms with Gasteiger partial charge in [-0.15, -0.1) is 11.3 Å². The van der Waals surface area contributed by atoms with Crippen LogP contribution in [0.1, 0.15) is 37.9 Å². The van der Waals surface area contributed by atoms with E-state index in [1.807, 2.05) is 63.2 Å². The first kappa shape index (κ1) is 26.5. The highest BCUT2D eigenvalue weighted by Crippen LogP contribution is 2.37. The largest absolute Gasteiger partial charge is 0.490 e. The summed E-state index contributed by atoms with van der Waals surface area (Å²) >= 11 is 7.80. The van der Waals surface area contributed by atoms with Crippen molar-refractivity contribution in [3.8, 4) is 34.2 Å². The van der Waals surface area contributed by atoms with Crippen LogP contribution in [0.5, 0.6) is 5.75 Å².